The number of ketones is 2. The van der Waals surface area contributed by atoms with E-state index in [9.17, 15) is 14.7 Å². The zero-order valence-corrected chi connectivity index (χ0v) is 18.6. The quantitative estimate of drug-likeness (QED) is 0.598. The Balaban J connectivity index is 1.95. The van der Waals surface area contributed by atoms with E-state index in [1.54, 1.807) is 12.1 Å². The van der Waals surface area contributed by atoms with Crippen molar-refractivity contribution in [2.75, 3.05) is 0 Å². The Kier molecular flexibility index (Phi) is 4.67. The largest absolute Gasteiger partial charge is 0.505 e. The van der Waals surface area contributed by atoms with Crippen molar-refractivity contribution in [2.24, 2.45) is 10.8 Å². The van der Waals surface area contributed by atoms with Crippen LogP contribution in [0.3, 0.4) is 0 Å². The molecule has 4 rings (SSSR count). The molecule has 0 spiro atoms. The Labute approximate surface area is 181 Å². The van der Waals surface area contributed by atoms with Gasteiger partial charge in [0.1, 0.15) is 0 Å². The maximum absolute atomic E-state index is 13.2. The molecule has 4 nitrogen and oxygen atoms in total. The highest BCUT2D eigenvalue weighted by Gasteiger charge is 2.46. The zero-order chi connectivity index (χ0) is 21.3. The fourth-order valence-corrected chi connectivity index (χ4v) is 5.48. The van der Waals surface area contributed by atoms with Crippen molar-refractivity contribution in [2.45, 2.75) is 59.3 Å². The number of aromatic hydroxyl groups is 1. The monoisotopic (exact) mass is 433 g/mol. The van der Waals surface area contributed by atoms with E-state index in [0.29, 0.717) is 29.6 Å². The standard InChI is InChI=1S/C23H25Cl2NO3/c1-22(2)7-14-19(16(27)9-22)18(11-5-12(24)21(29)13(25)6-11)20-15(26-14)8-23(3,4)10-17(20)28/h5-6,18,26,29H,7-10H2,1-4H3. The number of halogens is 2. The van der Waals surface area contributed by atoms with Crippen LogP contribution >= 0.6 is 23.2 Å². The number of nitrogens with one attached hydrogen (secondary N) is 1. The first-order chi connectivity index (χ1) is 13.4. The number of allylic oxidation sites excluding steroid dienone is 4. The molecule has 0 bridgehead atoms. The van der Waals surface area contributed by atoms with Crippen molar-refractivity contribution in [1.82, 2.24) is 5.32 Å². The summed E-state index contributed by atoms with van der Waals surface area (Å²) in [4.78, 5) is 26.5. The van der Waals surface area contributed by atoms with Gasteiger partial charge in [-0.25, -0.2) is 0 Å². The van der Waals surface area contributed by atoms with E-state index < -0.39 is 5.92 Å². The van der Waals surface area contributed by atoms with E-state index in [4.69, 9.17) is 23.2 Å². The lowest BCUT2D eigenvalue weighted by atomic mass is 9.64. The SMILES string of the molecule is CC1(C)CC(=O)C2=C(C1)NC1=C(C(=O)CC(C)(C)C1)C2c1cc(Cl)c(O)c(Cl)c1. The fraction of sp³-hybridized carbons (Fsp3) is 0.478. The van der Waals surface area contributed by atoms with Crippen LogP contribution in [0.5, 0.6) is 5.75 Å². The molecule has 3 aliphatic rings. The minimum absolute atomic E-state index is 0.0400. The molecule has 0 radical (unpaired) electrons. The first kappa shape index (κ1) is 20.5. The van der Waals surface area contributed by atoms with Gasteiger partial charge in [-0.3, -0.25) is 9.59 Å². The molecule has 1 aromatic carbocycles. The van der Waals surface area contributed by atoms with Crippen LogP contribution in [0.15, 0.2) is 34.7 Å². The predicted octanol–water partition coefficient (Wildman–Crippen LogP) is 5.67. The number of carbonyl (C=O) groups excluding carboxylic acids is 2. The summed E-state index contributed by atoms with van der Waals surface area (Å²) in [6.07, 6.45) is 2.31. The van der Waals surface area contributed by atoms with Crippen molar-refractivity contribution in [3.8, 4) is 5.75 Å². The van der Waals surface area contributed by atoms with Crippen molar-refractivity contribution in [1.29, 1.82) is 0 Å². The van der Waals surface area contributed by atoms with Crippen molar-refractivity contribution < 1.29 is 14.7 Å². The number of hydrogen-bond acceptors (Lipinski definition) is 4. The van der Waals surface area contributed by atoms with Gasteiger partial charge in [-0.2, -0.15) is 0 Å². The summed E-state index contributed by atoms with van der Waals surface area (Å²) in [7, 11) is 0. The van der Waals surface area contributed by atoms with E-state index >= 15 is 0 Å². The van der Waals surface area contributed by atoms with Gasteiger partial charge in [0, 0.05) is 41.3 Å². The Bertz CT molecular complexity index is 942. The summed E-state index contributed by atoms with van der Waals surface area (Å²) in [5.74, 6) is -0.623. The number of dihydropyridines is 1. The normalized spacial score (nSPS) is 23.7. The zero-order valence-electron chi connectivity index (χ0n) is 17.1. The van der Waals surface area contributed by atoms with E-state index in [2.05, 4.69) is 33.0 Å². The molecule has 0 unspecified atom stereocenters. The molecule has 1 heterocycles. The van der Waals surface area contributed by atoms with Crippen molar-refractivity contribution in [3.05, 3.63) is 50.3 Å². The van der Waals surface area contributed by atoms with Gasteiger partial charge in [0.05, 0.1) is 10.0 Å². The molecular weight excluding hydrogens is 409 g/mol. The molecule has 0 saturated heterocycles. The second-order valence-corrected chi connectivity index (χ2v) is 10.9. The smallest absolute Gasteiger partial charge is 0.162 e. The van der Waals surface area contributed by atoms with Gasteiger partial charge < -0.3 is 10.4 Å². The van der Waals surface area contributed by atoms with Gasteiger partial charge in [-0.05, 0) is 41.4 Å². The summed E-state index contributed by atoms with van der Waals surface area (Å²) < 4.78 is 0. The number of rotatable bonds is 1. The van der Waals surface area contributed by atoms with Crippen LogP contribution in [-0.2, 0) is 9.59 Å². The lowest BCUT2D eigenvalue weighted by Gasteiger charge is -2.44. The van der Waals surface area contributed by atoms with Gasteiger partial charge >= 0.3 is 0 Å². The summed E-state index contributed by atoms with van der Waals surface area (Å²) in [5, 5.41) is 13.7. The minimum Gasteiger partial charge on any atom is -0.505 e. The lowest BCUT2D eigenvalue weighted by Crippen LogP contribution is -2.42. The summed E-state index contributed by atoms with van der Waals surface area (Å²) in [6, 6.07) is 3.24. The third-order valence-corrected chi connectivity index (χ3v) is 6.67. The highest BCUT2D eigenvalue weighted by Crippen LogP contribution is 2.52. The highest BCUT2D eigenvalue weighted by molar-refractivity contribution is 6.37. The average Bonchev–Trinajstić information content (AvgIpc) is 2.55. The van der Waals surface area contributed by atoms with Gasteiger partial charge in [-0.1, -0.05) is 50.9 Å². The molecule has 0 aromatic heterocycles. The first-order valence-electron chi connectivity index (χ1n) is 9.86. The molecule has 1 aliphatic heterocycles. The molecule has 0 saturated carbocycles. The summed E-state index contributed by atoms with van der Waals surface area (Å²) in [5.41, 5.74) is 3.42. The molecule has 154 valence electrons. The Hall–Kier alpha value is -1.78. The molecular formula is C23H25Cl2NO3. The molecule has 0 fully saturated rings. The van der Waals surface area contributed by atoms with Crippen molar-refractivity contribution in [3.63, 3.8) is 0 Å². The summed E-state index contributed by atoms with van der Waals surface area (Å²) in [6.45, 7) is 8.33. The van der Waals surface area contributed by atoms with Crippen LogP contribution in [0.2, 0.25) is 10.0 Å². The Morgan fingerprint density at radius 1 is 0.862 bits per heavy atom. The Morgan fingerprint density at radius 3 is 1.69 bits per heavy atom. The number of hydrogen-bond donors (Lipinski definition) is 2. The second-order valence-electron chi connectivity index (χ2n) is 10.1. The second kappa shape index (κ2) is 6.61. The van der Waals surface area contributed by atoms with Crippen molar-refractivity contribution >= 4 is 34.8 Å². The minimum atomic E-state index is -0.510. The number of carbonyl (C=O) groups is 2. The molecule has 2 N–H and O–H groups in total. The molecule has 0 atom stereocenters. The number of benzene rings is 1. The molecule has 2 aliphatic carbocycles. The van der Waals surface area contributed by atoms with Gasteiger partial charge in [-0.15, -0.1) is 0 Å². The molecule has 29 heavy (non-hydrogen) atoms. The van der Waals surface area contributed by atoms with Crippen LogP contribution in [-0.4, -0.2) is 16.7 Å². The third-order valence-electron chi connectivity index (χ3n) is 6.09. The fourth-order valence-electron chi connectivity index (χ4n) is 4.97. The van der Waals surface area contributed by atoms with Gasteiger partial charge in [0.25, 0.3) is 0 Å². The van der Waals surface area contributed by atoms with Gasteiger partial charge in [0.15, 0.2) is 17.3 Å². The maximum atomic E-state index is 13.2. The van der Waals surface area contributed by atoms with Gasteiger partial charge in [0.2, 0.25) is 0 Å². The van der Waals surface area contributed by atoms with Crippen LogP contribution < -0.4 is 5.32 Å². The van der Waals surface area contributed by atoms with E-state index in [0.717, 1.165) is 24.2 Å². The van der Waals surface area contributed by atoms with E-state index in [-0.39, 0.29) is 38.2 Å². The Morgan fingerprint density at radius 2 is 1.28 bits per heavy atom. The maximum Gasteiger partial charge on any atom is 0.162 e. The van der Waals surface area contributed by atoms with E-state index in [1.807, 2.05) is 0 Å². The van der Waals surface area contributed by atoms with Crippen LogP contribution in [0.1, 0.15) is 64.9 Å². The molecule has 0 amide bonds. The molecule has 1 aromatic rings. The topological polar surface area (TPSA) is 66.4 Å². The van der Waals surface area contributed by atoms with Crippen LogP contribution in [0.25, 0.3) is 0 Å². The number of Topliss-reactive ketones (excluding diaryl/α,β-unsaturated/α-hetero) is 2. The number of phenolic OH excluding ortho intramolecular Hbond substituents is 1. The highest BCUT2D eigenvalue weighted by atomic mass is 35.5. The average molecular weight is 434 g/mol. The number of phenols is 1. The van der Waals surface area contributed by atoms with E-state index in [1.165, 1.54) is 0 Å². The molecule has 6 heteroatoms. The van der Waals surface area contributed by atoms with Crippen LogP contribution in [0.4, 0.5) is 0 Å². The summed E-state index contributed by atoms with van der Waals surface area (Å²) >= 11 is 12.4. The predicted molar refractivity (Wildman–Crippen MR) is 114 cm³/mol. The lowest BCUT2D eigenvalue weighted by molar-refractivity contribution is -0.119. The first-order valence-corrected chi connectivity index (χ1v) is 10.6. The van der Waals surface area contributed by atoms with Crippen LogP contribution in [0, 0.1) is 10.8 Å². The third kappa shape index (κ3) is 3.51.